The van der Waals surface area contributed by atoms with Gasteiger partial charge in [0.2, 0.25) is 5.91 Å². The number of furan rings is 1. The van der Waals surface area contributed by atoms with Crippen LogP contribution in [0.15, 0.2) is 41.0 Å². The van der Waals surface area contributed by atoms with Crippen LogP contribution in [0.4, 0.5) is 4.79 Å². The van der Waals surface area contributed by atoms with Gasteiger partial charge < -0.3 is 19.1 Å². The summed E-state index contributed by atoms with van der Waals surface area (Å²) in [6, 6.07) is 7.60. The maximum Gasteiger partial charge on any atom is 0.327 e. The molecular formula is C25H28N4O5. The predicted octanol–water partition coefficient (Wildman–Crippen LogP) is 2.35. The largest absolute Gasteiger partial charge is 0.459 e. The average molecular weight is 465 g/mol. The molecular weight excluding hydrogens is 436 g/mol. The molecule has 9 nitrogen and oxygen atoms in total. The molecule has 5 rings (SSSR count). The van der Waals surface area contributed by atoms with E-state index in [1.807, 2.05) is 36.9 Å². The van der Waals surface area contributed by atoms with E-state index in [1.54, 1.807) is 24.1 Å². The van der Waals surface area contributed by atoms with Crippen LogP contribution in [0.25, 0.3) is 0 Å². The number of nitrogens with zero attached hydrogens (tertiary/aromatic N) is 4. The smallest absolute Gasteiger partial charge is 0.327 e. The number of aryl methyl sites for hydroxylation is 2. The van der Waals surface area contributed by atoms with E-state index in [0.29, 0.717) is 31.7 Å². The lowest BCUT2D eigenvalue weighted by Crippen LogP contribution is -2.70. The number of likely N-dealkylation sites (tertiary alicyclic amines) is 2. The Morgan fingerprint density at radius 1 is 1.00 bits per heavy atom. The highest BCUT2D eigenvalue weighted by Crippen LogP contribution is 2.43. The number of amides is 5. The lowest BCUT2D eigenvalue weighted by atomic mass is 9.82. The van der Waals surface area contributed by atoms with Gasteiger partial charge in [0.1, 0.15) is 12.6 Å². The molecule has 0 bridgehead atoms. The fourth-order valence-electron chi connectivity index (χ4n) is 5.26. The van der Waals surface area contributed by atoms with E-state index >= 15 is 0 Å². The Hall–Kier alpha value is -3.62. The maximum atomic E-state index is 13.4. The molecule has 0 spiro atoms. The summed E-state index contributed by atoms with van der Waals surface area (Å²) in [5, 5.41) is 0. The van der Waals surface area contributed by atoms with Gasteiger partial charge in [-0.2, -0.15) is 0 Å². The Labute approximate surface area is 197 Å². The molecule has 3 saturated heterocycles. The molecule has 2 aromatic rings. The molecule has 3 aliphatic heterocycles. The van der Waals surface area contributed by atoms with Crippen LogP contribution in [0, 0.1) is 13.8 Å². The van der Waals surface area contributed by atoms with Crippen molar-refractivity contribution in [3.63, 3.8) is 0 Å². The minimum absolute atomic E-state index is 0.0183. The molecule has 3 fully saturated rings. The third-order valence-corrected chi connectivity index (χ3v) is 7.31. The summed E-state index contributed by atoms with van der Waals surface area (Å²) in [4.78, 5) is 57.5. The molecule has 0 N–H and O–H groups in total. The van der Waals surface area contributed by atoms with E-state index in [-0.39, 0.29) is 30.3 Å². The maximum absolute atomic E-state index is 13.4. The number of carbonyl (C=O) groups is 4. The third kappa shape index (κ3) is 3.46. The van der Waals surface area contributed by atoms with Crippen molar-refractivity contribution in [1.29, 1.82) is 0 Å². The van der Waals surface area contributed by atoms with Crippen molar-refractivity contribution < 1.29 is 23.6 Å². The van der Waals surface area contributed by atoms with Gasteiger partial charge in [-0.3, -0.25) is 14.4 Å². The minimum Gasteiger partial charge on any atom is -0.459 e. The molecule has 4 heterocycles. The van der Waals surface area contributed by atoms with E-state index < -0.39 is 18.1 Å². The first-order valence-electron chi connectivity index (χ1n) is 11.6. The lowest BCUT2D eigenvalue weighted by molar-refractivity contribution is -0.167. The van der Waals surface area contributed by atoms with Gasteiger partial charge in [0.15, 0.2) is 5.76 Å². The van der Waals surface area contributed by atoms with Crippen molar-refractivity contribution in [1.82, 2.24) is 19.6 Å². The monoisotopic (exact) mass is 464 g/mol. The number of hydrogen-bond acceptors (Lipinski definition) is 5. The highest BCUT2D eigenvalue weighted by Gasteiger charge is 2.58. The first-order chi connectivity index (χ1) is 16.3. The molecule has 3 aliphatic rings. The Balaban J connectivity index is 1.39. The van der Waals surface area contributed by atoms with Gasteiger partial charge in [-0.15, -0.1) is 0 Å². The molecule has 34 heavy (non-hydrogen) atoms. The Morgan fingerprint density at radius 2 is 1.74 bits per heavy atom. The zero-order valence-electron chi connectivity index (χ0n) is 19.6. The zero-order valence-corrected chi connectivity index (χ0v) is 19.6. The topological polar surface area (TPSA) is 94.4 Å². The number of hydrogen-bond donors (Lipinski definition) is 0. The highest BCUT2D eigenvalue weighted by atomic mass is 16.3. The number of urea groups is 1. The van der Waals surface area contributed by atoms with Crippen molar-refractivity contribution in [2.75, 3.05) is 26.7 Å². The van der Waals surface area contributed by atoms with E-state index in [2.05, 4.69) is 0 Å². The Kier molecular flexibility index (Phi) is 5.42. The molecule has 178 valence electrons. The molecule has 5 amide bonds. The van der Waals surface area contributed by atoms with Crippen molar-refractivity contribution in [3.8, 4) is 0 Å². The summed E-state index contributed by atoms with van der Waals surface area (Å²) in [5.41, 5.74) is 3.14. The van der Waals surface area contributed by atoms with E-state index in [1.165, 1.54) is 11.2 Å². The van der Waals surface area contributed by atoms with Crippen LogP contribution in [-0.2, 0) is 9.59 Å². The number of imide groups is 1. The van der Waals surface area contributed by atoms with Gasteiger partial charge in [-0.1, -0.05) is 18.2 Å². The van der Waals surface area contributed by atoms with Gasteiger partial charge in [-0.05, 0) is 55.5 Å². The van der Waals surface area contributed by atoms with Gasteiger partial charge in [0, 0.05) is 26.2 Å². The number of carbonyl (C=O) groups excluding carboxylic acids is 4. The SMILES string of the molecule is Cc1ccc([C@H]2[C@@H](N3C(=O)CN(C)C3=O)C(=O)N2C2CCN(C(=O)c3ccco3)CC2)cc1C. The van der Waals surface area contributed by atoms with Crippen LogP contribution in [0.5, 0.6) is 0 Å². The third-order valence-electron chi connectivity index (χ3n) is 7.31. The van der Waals surface area contributed by atoms with Crippen LogP contribution in [-0.4, -0.2) is 82.1 Å². The first-order valence-corrected chi connectivity index (χ1v) is 11.6. The summed E-state index contributed by atoms with van der Waals surface area (Å²) in [6.45, 7) is 5.02. The predicted molar refractivity (Wildman–Crippen MR) is 122 cm³/mol. The van der Waals surface area contributed by atoms with Crippen LogP contribution in [0.1, 0.15) is 46.1 Å². The van der Waals surface area contributed by atoms with Gasteiger partial charge in [0.25, 0.3) is 11.8 Å². The molecule has 9 heteroatoms. The number of rotatable bonds is 4. The average Bonchev–Trinajstić information content (AvgIpc) is 3.44. The van der Waals surface area contributed by atoms with Crippen molar-refractivity contribution in [2.24, 2.45) is 0 Å². The highest BCUT2D eigenvalue weighted by molar-refractivity contribution is 6.07. The molecule has 0 aliphatic carbocycles. The summed E-state index contributed by atoms with van der Waals surface area (Å²) < 4.78 is 5.24. The van der Waals surface area contributed by atoms with Crippen LogP contribution in [0.3, 0.4) is 0 Å². The summed E-state index contributed by atoms with van der Waals surface area (Å²) in [6.07, 6.45) is 2.72. The fraction of sp³-hybridized carbons (Fsp3) is 0.440. The van der Waals surface area contributed by atoms with E-state index in [0.717, 1.165) is 21.6 Å². The first kappa shape index (κ1) is 22.2. The van der Waals surface area contributed by atoms with E-state index in [4.69, 9.17) is 4.42 Å². The molecule has 0 unspecified atom stereocenters. The van der Waals surface area contributed by atoms with Crippen LogP contribution >= 0.6 is 0 Å². The summed E-state index contributed by atoms with van der Waals surface area (Å²) in [5.74, 6) is -0.408. The normalized spacial score (nSPS) is 23.7. The second-order valence-electron chi connectivity index (χ2n) is 9.38. The van der Waals surface area contributed by atoms with Crippen molar-refractivity contribution in [3.05, 3.63) is 59.0 Å². The molecule has 0 saturated carbocycles. The summed E-state index contributed by atoms with van der Waals surface area (Å²) >= 11 is 0. The number of β-lactam (4-membered cyclic amide) rings is 1. The Bertz CT molecular complexity index is 1150. The lowest BCUT2D eigenvalue weighted by Gasteiger charge is -2.54. The van der Waals surface area contributed by atoms with Crippen molar-refractivity contribution >= 4 is 23.8 Å². The second kappa shape index (κ2) is 8.30. The van der Waals surface area contributed by atoms with Crippen LogP contribution in [0.2, 0.25) is 0 Å². The molecule has 2 atom stereocenters. The standard InChI is InChI=1S/C25H28N4O5/c1-15-6-7-17(13-16(15)2)21-22(29-20(30)14-26(3)25(29)33)24(32)28(21)18-8-10-27(11-9-18)23(31)19-5-4-12-34-19/h4-7,12-13,18,21-22H,8-11,14H2,1-3H3/t21-,22+/m0/s1. The molecule has 1 aromatic heterocycles. The number of piperidine rings is 1. The van der Waals surface area contributed by atoms with E-state index in [9.17, 15) is 19.2 Å². The molecule has 0 radical (unpaired) electrons. The van der Waals surface area contributed by atoms with Gasteiger partial charge in [0.05, 0.1) is 12.3 Å². The molecule has 1 aromatic carbocycles. The van der Waals surface area contributed by atoms with Crippen LogP contribution < -0.4 is 0 Å². The second-order valence-corrected chi connectivity index (χ2v) is 9.38. The fourth-order valence-corrected chi connectivity index (χ4v) is 5.26. The number of likely N-dealkylation sites (N-methyl/N-ethyl adjacent to an activating group) is 1. The Morgan fingerprint density at radius 3 is 2.32 bits per heavy atom. The van der Waals surface area contributed by atoms with Gasteiger partial charge in [-0.25, -0.2) is 9.69 Å². The van der Waals surface area contributed by atoms with Crippen molar-refractivity contribution in [2.45, 2.75) is 44.8 Å². The number of benzene rings is 1. The quantitative estimate of drug-likeness (QED) is 0.511. The summed E-state index contributed by atoms with van der Waals surface area (Å²) in [7, 11) is 1.57. The zero-order chi connectivity index (χ0) is 24.1. The van der Waals surface area contributed by atoms with Gasteiger partial charge >= 0.3 is 6.03 Å². The minimum atomic E-state index is -0.838.